The van der Waals surface area contributed by atoms with E-state index in [-0.39, 0.29) is 35.3 Å². The Morgan fingerprint density at radius 3 is 1.08 bits per heavy atom. The summed E-state index contributed by atoms with van der Waals surface area (Å²) in [5, 5.41) is 9.77. The number of piperidine rings is 3. The maximum absolute atomic E-state index is 12.1. The first kappa shape index (κ1) is 91.7. The Kier molecular flexibility index (Phi) is 30.6. The second-order valence-corrected chi connectivity index (χ2v) is 39.4. The number of Topliss-reactive ketones (excluding diaryl/α,β-unsaturated/α-hetero) is 4. The van der Waals surface area contributed by atoms with Gasteiger partial charge in [0.1, 0.15) is 23.7 Å². The van der Waals surface area contributed by atoms with E-state index in [1.165, 1.54) is 75.3 Å². The molecule has 0 saturated carbocycles. The van der Waals surface area contributed by atoms with E-state index in [1.807, 2.05) is 170 Å². The number of likely N-dealkylation sites (tertiary alicyclic amines) is 1. The SMILES string of the molecule is CC(=O)c1cn(CCCN2C3CCC2CC(CCc2ccc(Cl)cc2)C3)c2c(Cl)cccc12.CC(=O)c1cn(CCCN2C3CCC2CC(Oc2ccc(Cl)cc2)C3)c2c(Cl)cccc12.CC(=O)c1cn(CCCN2C3CCC2CC(Oc2ccccc2Cl)C3)c2c(Cl)cccc12.CC(=O)c1cn(CCCN2CCC(Cc3ccccc3Cl)C2)c2c(Cl)cccc12. The van der Waals surface area contributed by atoms with Crippen LogP contribution in [0.5, 0.6) is 11.5 Å². The molecular formula is C104H114Cl8N8O6. The topological polar surface area (TPSA) is 119 Å². The zero-order valence-electron chi connectivity index (χ0n) is 72.5. The van der Waals surface area contributed by atoms with E-state index in [1.54, 1.807) is 27.7 Å². The quantitative estimate of drug-likeness (QED) is 0.0419. The van der Waals surface area contributed by atoms with Crippen molar-refractivity contribution in [2.24, 2.45) is 11.8 Å². The highest BCUT2D eigenvalue weighted by Crippen LogP contribution is 2.44. The van der Waals surface area contributed by atoms with Crippen molar-refractivity contribution in [3.05, 3.63) is 268 Å². The summed E-state index contributed by atoms with van der Waals surface area (Å²) in [6.07, 6.45) is 31.8. The average Bonchev–Trinajstić information content (AvgIpc) is 1.64. The van der Waals surface area contributed by atoms with Crippen LogP contribution in [0.4, 0.5) is 0 Å². The van der Waals surface area contributed by atoms with Gasteiger partial charge in [0.2, 0.25) is 0 Å². The summed E-state index contributed by atoms with van der Waals surface area (Å²) in [5.41, 5.74) is 9.58. The number of ether oxygens (including phenoxy) is 2. The number of aryl methyl sites for hydroxylation is 5. The van der Waals surface area contributed by atoms with E-state index in [0.717, 1.165) is 245 Å². The van der Waals surface area contributed by atoms with Gasteiger partial charge in [-0.3, -0.25) is 33.9 Å². The molecule has 19 rings (SSSR count). The Morgan fingerprint density at radius 2 is 0.690 bits per heavy atom. The predicted octanol–water partition coefficient (Wildman–Crippen LogP) is 26.8. The average molecular weight is 1860 g/mol. The number of nitrogens with zero attached hydrogens (tertiary/aromatic N) is 8. The van der Waals surface area contributed by atoms with Gasteiger partial charge in [0.25, 0.3) is 0 Å². The van der Waals surface area contributed by atoms with Crippen molar-refractivity contribution in [1.82, 2.24) is 37.9 Å². The highest BCUT2D eigenvalue weighted by atomic mass is 35.5. The summed E-state index contributed by atoms with van der Waals surface area (Å²) in [6.45, 7) is 16.5. The summed E-state index contributed by atoms with van der Waals surface area (Å²) < 4.78 is 21.2. The number of halogens is 8. The van der Waals surface area contributed by atoms with E-state index >= 15 is 0 Å². The molecule has 12 aromatic rings. The van der Waals surface area contributed by atoms with E-state index in [4.69, 9.17) is 102 Å². The lowest BCUT2D eigenvalue weighted by Crippen LogP contribution is -2.46. The molecule has 7 atom stereocenters. The highest BCUT2D eigenvalue weighted by Gasteiger charge is 2.44. The fourth-order valence-electron chi connectivity index (χ4n) is 21.9. The smallest absolute Gasteiger partial charge is 0.161 e. The second-order valence-electron chi connectivity index (χ2n) is 36.1. The number of rotatable bonds is 29. The maximum atomic E-state index is 12.1. The highest BCUT2D eigenvalue weighted by molar-refractivity contribution is 6.38. The molecule has 0 N–H and O–H groups in total. The summed E-state index contributed by atoms with van der Waals surface area (Å²) in [5.74, 6) is 3.54. The van der Waals surface area contributed by atoms with E-state index in [2.05, 4.69) is 62.1 Å². The van der Waals surface area contributed by atoms with Gasteiger partial charge in [-0.05, 0) is 271 Å². The number of fused-ring (bicyclic) bond motifs is 10. The molecule has 662 valence electrons. The zero-order chi connectivity index (χ0) is 87.8. The van der Waals surface area contributed by atoms with E-state index in [0.29, 0.717) is 50.2 Å². The Balaban J connectivity index is 0.000000124. The van der Waals surface area contributed by atoms with Crippen LogP contribution in [0.25, 0.3) is 43.6 Å². The van der Waals surface area contributed by atoms with Gasteiger partial charge in [-0.25, -0.2) is 0 Å². The summed E-state index contributed by atoms with van der Waals surface area (Å²) in [4.78, 5) is 59.0. The van der Waals surface area contributed by atoms with Gasteiger partial charge < -0.3 is 32.6 Å². The maximum Gasteiger partial charge on any atom is 0.161 e. The van der Waals surface area contributed by atoms with Crippen molar-refractivity contribution in [3.63, 3.8) is 0 Å². The van der Waals surface area contributed by atoms with Crippen LogP contribution >= 0.6 is 92.8 Å². The van der Waals surface area contributed by atoms with Gasteiger partial charge in [0, 0.05) is 172 Å². The minimum atomic E-state index is 0.0784. The van der Waals surface area contributed by atoms with Gasteiger partial charge in [-0.2, -0.15) is 0 Å². The summed E-state index contributed by atoms with van der Waals surface area (Å²) in [7, 11) is 0. The molecule has 0 amide bonds. The molecule has 0 aliphatic carbocycles. The standard InChI is InChI=1S/C28H32Cl2N2O.2C26H28Cl2N2O2.C24H26Cl2N2O/c1-19(33)26-18-31(28-25(26)4-2-5-27(28)30)14-3-15-32-23-12-13-24(32)17-21(16-23)7-6-20-8-10-22(29)11-9-20;1-17(31)24-16-29(26-23(24)4-2-5-25(26)28)12-3-13-30-19-8-9-20(30)15-22(14-19)32-21-10-6-18(27)7-11-21;1-17(31)22-16-29(26-21(22)6-4-8-24(26)28)12-5-13-30-18-10-11-19(30)15-20(14-18)32-25-9-3-2-7-23(25)27;1-17(29)21-16-28(24-20(21)7-4-9-23(24)26)12-5-11-27-13-10-18(15-27)14-19-6-2-3-8-22(19)25/h2,4-5,8-11,18,21,23-24H,3,6-7,12-17H2,1H3;2,4-7,10-11,16,19-20,22H,3,8-9,12-15H2,1H3;2-4,6-9,16,18-20H,5,10-15H2,1H3;2-4,6-9,16,18H,5,10-15H2,1H3. The Morgan fingerprint density at radius 1 is 0.341 bits per heavy atom. The van der Waals surface area contributed by atoms with Crippen LogP contribution in [0.15, 0.2) is 195 Å². The van der Waals surface area contributed by atoms with Gasteiger partial charge in [-0.1, -0.05) is 184 Å². The molecule has 8 aromatic carbocycles. The van der Waals surface area contributed by atoms with Crippen LogP contribution in [0.3, 0.4) is 0 Å². The molecule has 7 saturated heterocycles. The van der Waals surface area contributed by atoms with E-state index < -0.39 is 0 Å². The first-order valence-electron chi connectivity index (χ1n) is 45.5. The van der Waals surface area contributed by atoms with Crippen molar-refractivity contribution in [3.8, 4) is 11.5 Å². The molecule has 6 bridgehead atoms. The predicted molar refractivity (Wildman–Crippen MR) is 519 cm³/mol. The lowest BCUT2D eigenvalue weighted by atomic mass is 9.86. The number of aromatic nitrogens is 4. The molecule has 7 aliphatic heterocycles. The lowest BCUT2D eigenvalue weighted by molar-refractivity contribution is 0.0480. The number of hydrogen-bond donors (Lipinski definition) is 0. The Labute approximate surface area is 781 Å². The molecule has 7 fully saturated rings. The minimum Gasteiger partial charge on any atom is -0.490 e. The molecule has 0 radical (unpaired) electrons. The largest absolute Gasteiger partial charge is 0.490 e. The van der Waals surface area contributed by atoms with Crippen molar-refractivity contribution in [2.45, 2.75) is 231 Å². The number of para-hydroxylation sites is 5. The van der Waals surface area contributed by atoms with Crippen molar-refractivity contribution in [1.29, 1.82) is 0 Å². The molecule has 14 nitrogen and oxygen atoms in total. The summed E-state index contributed by atoms with van der Waals surface area (Å²) >= 11 is 50.6. The first-order chi connectivity index (χ1) is 61.0. The fourth-order valence-corrected chi connectivity index (χ4v) is 23.7. The minimum absolute atomic E-state index is 0.0784. The van der Waals surface area contributed by atoms with Crippen LogP contribution in [0, 0.1) is 11.8 Å². The second kappa shape index (κ2) is 42.1. The third-order valence-corrected chi connectivity index (χ3v) is 30.1. The summed E-state index contributed by atoms with van der Waals surface area (Å²) in [6, 6.07) is 58.9. The van der Waals surface area contributed by atoms with Gasteiger partial charge in [0.15, 0.2) is 23.1 Å². The van der Waals surface area contributed by atoms with Gasteiger partial charge >= 0.3 is 0 Å². The molecule has 4 aromatic heterocycles. The van der Waals surface area contributed by atoms with Crippen LogP contribution < -0.4 is 9.47 Å². The third-order valence-electron chi connectivity index (χ3n) is 27.7. The molecule has 126 heavy (non-hydrogen) atoms. The third kappa shape index (κ3) is 21.7. The molecule has 11 heterocycles. The number of benzene rings is 8. The number of carbonyl (C=O) groups is 4. The van der Waals surface area contributed by atoms with Crippen molar-refractivity contribution in [2.75, 3.05) is 39.3 Å². The Bertz CT molecular complexity index is 5800. The molecule has 7 aliphatic rings. The first-order valence-corrected chi connectivity index (χ1v) is 48.5. The molecular weight excluding hydrogens is 1740 g/mol. The van der Waals surface area contributed by atoms with Gasteiger partial charge in [0.05, 0.1) is 47.2 Å². The number of ketones is 4. The number of carbonyl (C=O) groups excluding carboxylic acids is 4. The zero-order valence-corrected chi connectivity index (χ0v) is 78.6. The van der Waals surface area contributed by atoms with Gasteiger partial charge in [-0.15, -0.1) is 0 Å². The van der Waals surface area contributed by atoms with Crippen molar-refractivity contribution >= 4 is 160 Å². The molecule has 0 spiro atoms. The van der Waals surface area contributed by atoms with Crippen LogP contribution in [0.2, 0.25) is 40.2 Å². The number of hydrogen-bond acceptors (Lipinski definition) is 10. The molecule has 22 heteroatoms. The fraction of sp³-hybridized carbons (Fsp3) is 0.423. The van der Waals surface area contributed by atoms with Crippen molar-refractivity contribution < 1.29 is 28.7 Å². The van der Waals surface area contributed by atoms with Crippen LogP contribution in [0.1, 0.15) is 196 Å². The lowest BCUT2D eigenvalue weighted by Gasteiger charge is -2.39. The Hall–Kier alpha value is -7.64. The monoisotopic (exact) mass is 1850 g/mol. The van der Waals surface area contributed by atoms with Crippen LogP contribution in [-0.2, 0) is 39.0 Å². The normalized spacial score (nSPS) is 21.7. The van der Waals surface area contributed by atoms with Crippen LogP contribution in [-0.4, -0.2) is 149 Å². The van der Waals surface area contributed by atoms with E-state index in [9.17, 15) is 19.2 Å². The molecule has 7 unspecified atom stereocenters.